The summed E-state index contributed by atoms with van der Waals surface area (Å²) in [6, 6.07) is 7.02. The topological polar surface area (TPSA) is 12.0 Å². The maximum atomic E-state index is 3.55. The van der Waals surface area contributed by atoms with Crippen molar-refractivity contribution >= 4 is 0 Å². The summed E-state index contributed by atoms with van der Waals surface area (Å²) in [4.78, 5) is 0. The number of hydrogen-bond donors (Lipinski definition) is 1. The highest BCUT2D eigenvalue weighted by atomic mass is 14.8. The first kappa shape index (κ1) is 14.6. The van der Waals surface area contributed by atoms with Gasteiger partial charge in [-0.2, -0.15) is 0 Å². The van der Waals surface area contributed by atoms with Crippen molar-refractivity contribution in [1.82, 2.24) is 5.32 Å². The molecule has 0 amide bonds. The predicted molar refractivity (Wildman–Crippen MR) is 83.6 cm³/mol. The molecule has 1 aliphatic carbocycles. The normalized spacial score (nSPS) is 23.5. The van der Waals surface area contributed by atoms with E-state index < -0.39 is 0 Å². The Kier molecular flexibility index (Phi) is 5.45. The van der Waals surface area contributed by atoms with Crippen LogP contribution in [-0.2, 0) is 6.42 Å². The van der Waals surface area contributed by atoms with Crippen molar-refractivity contribution in [3.05, 3.63) is 34.9 Å². The molecule has 1 aliphatic rings. The Morgan fingerprint density at radius 3 is 2.47 bits per heavy atom. The fourth-order valence-corrected chi connectivity index (χ4v) is 3.38. The lowest BCUT2D eigenvalue weighted by Crippen LogP contribution is -2.31. The van der Waals surface area contributed by atoms with E-state index in [4.69, 9.17) is 0 Å². The van der Waals surface area contributed by atoms with E-state index in [0.717, 1.165) is 18.4 Å². The molecule has 19 heavy (non-hydrogen) atoms. The van der Waals surface area contributed by atoms with Crippen LogP contribution in [0.3, 0.4) is 0 Å². The molecule has 0 spiro atoms. The Morgan fingerprint density at radius 1 is 1.05 bits per heavy atom. The molecule has 0 saturated heterocycles. The van der Waals surface area contributed by atoms with Crippen LogP contribution in [0.5, 0.6) is 0 Å². The van der Waals surface area contributed by atoms with Gasteiger partial charge in [0.2, 0.25) is 0 Å². The third-order valence-corrected chi connectivity index (χ3v) is 4.79. The van der Waals surface area contributed by atoms with E-state index in [9.17, 15) is 0 Å². The van der Waals surface area contributed by atoms with Crippen molar-refractivity contribution in [3.8, 4) is 0 Å². The number of benzene rings is 1. The number of aryl methyl sites for hydroxylation is 2. The van der Waals surface area contributed by atoms with E-state index in [1.54, 1.807) is 0 Å². The molecule has 1 N–H and O–H groups in total. The first-order valence-electron chi connectivity index (χ1n) is 7.97. The largest absolute Gasteiger partial charge is 0.317 e. The van der Waals surface area contributed by atoms with Crippen molar-refractivity contribution in [2.75, 3.05) is 13.1 Å². The molecule has 1 saturated carbocycles. The highest BCUT2D eigenvalue weighted by Gasteiger charge is 2.24. The maximum absolute atomic E-state index is 3.55. The van der Waals surface area contributed by atoms with Crippen LogP contribution >= 0.6 is 0 Å². The average molecular weight is 259 g/mol. The lowest BCUT2D eigenvalue weighted by Gasteiger charge is -2.32. The SMILES string of the molecule is CCNCC1CCCCC1Cc1ccc(C)c(C)c1. The van der Waals surface area contributed by atoms with E-state index >= 15 is 0 Å². The van der Waals surface area contributed by atoms with Crippen LogP contribution in [0.4, 0.5) is 0 Å². The van der Waals surface area contributed by atoms with E-state index in [1.165, 1.54) is 55.3 Å². The van der Waals surface area contributed by atoms with E-state index in [2.05, 4.69) is 44.3 Å². The Labute approximate surface area is 118 Å². The molecule has 1 nitrogen and oxygen atoms in total. The smallest absolute Gasteiger partial charge is 0.00179 e. The zero-order chi connectivity index (χ0) is 13.7. The average Bonchev–Trinajstić information content (AvgIpc) is 2.42. The highest BCUT2D eigenvalue weighted by molar-refractivity contribution is 5.30. The van der Waals surface area contributed by atoms with Gasteiger partial charge in [0.15, 0.2) is 0 Å². The van der Waals surface area contributed by atoms with Crippen LogP contribution in [0.25, 0.3) is 0 Å². The minimum Gasteiger partial charge on any atom is -0.317 e. The molecule has 1 fully saturated rings. The molecule has 2 atom stereocenters. The number of rotatable bonds is 5. The van der Waals surface area contributed by atoms with Gasteiger partial charge in [-0.3, -0.25) is 0 Å². The van der Waals surface area contributed by atoms with Crippen molar-refractivity contribution in [3.63, 3.8) is 0 Å². The Balaban J connectivity index is 1.99. The van der Waals surface area contributed by atoms with Crippen LogP contribution in [0, 0.1) is 25.7 Å². The lowest BCUT2D eigenvalue weighted by atomic mass is 9.76. The first-order chi connectivity index (χ1) is 9.20. The Hall–Kier alpha value is -0.820. The quantitative estimate of drug-likeness (QED) is 0.833. The fourth-order valence-electron chi connectivity index (χ4n) is 3.38. The highest BCUT2D eigenvalue weighted by Crippen LogP contribution is 2.32. The summed E-state index contributed by atoms with van der Waals surface area (Å²) >= 11 is 0. The van der Waals surface area contributed by atoms with Gasteiger partial charge in [-0.05, 0) is 74.7 Å². The molecular weight excluding hydrogens is 230 g/mol. The molecule has 2 rings (SSSR count). The monoisotopic (exact) mass is 259 g/mol. The molecular formula is C18H29N. The molecule has 0 aliphatic heterocycles. The minimum absolute atomic E-state index is 0.884. The van der Waals surface area contributed by atoms with Crippen molar-refractivity contribution in [2.45, 2.75) is 52.9 Å². The van der Waals surface area contributed by atoms with Gasteiger partial charge in [-0.25, -0.2) is 0 Å². The van der Waals surface area contributed by atoms with Gasteiger partial charge in [-0.1, -0.05) is 38.0 Å². The van der Waals surface area contributed by atoms with Crippen molar-refractivity contribution < 1.29 is 0 Å². The van der Waals surface area contributed by atoms with Gasteiger partial charge in [0.1, 0.15) is 0 Å². The Bertz CT molecular complexity index is 397. The van der Waals surface area contributed by atoms with Gasteiger partial charge in [0.05, 0.1) is 0 Å². The van der Waals surface area contributed by atoms with Gasteiger partial charge >= 0.3 is 0 Å². The summed E-state index contributed by atoms with van der Waals surface area (Å²) < 4.78 is 0. The summed E-state index contributed by atoms with van der Waals surface area (Å²) in [6.07, 6.45) is 6.97. The van der Waals surface area contributed by atoms with Crippen LogP contribution in [0.15, 0.2) is 18.2 Å². The molecule has 1 aromatic carbocycles. The minimum atomic E-state index is 0.884. The lowest BCUT2D eigenvalue weighted by molar-refractivity contribution is 0.229. The predicted octanol–water partition coefficient (Wildman–Crippen LogP) is 4.26. The van der Waals surface area contributed by atoms with E-state index in [0.29, 0.717) is 0 Å². The van der Waals surface area contributed by atoms with Crippen LogP contribution < -0.4 is 5.32 Å². The zero-order valence-corrected chi connectivity index (χ0v) is 12.8. The number of hydrogen-bond acceptors (Lipinski definition) is 1. The second kappa shape index (κ2) is 7.09. The molecule has 0 heterocycles. The first-order valence-corrected chi connectivity index (χ1v) is 7.97. The zero-order valence-electron chi connectivity index (χ0n) is 12.8. The third kappa shape index (κ3) is 4.07. The number of nitrogens with one attached hydrogen (secondary N) is 1. The summed E-state index contributed by atoms with van der Waals surface area (Å²) in [5, 5.41) is 3.55. The molecule has 0 bridgehead atoms. The molecule has 106 valence electrons. The fraction of sp³-hybridized carbons (Fsp3) is 0.667. The van der Waals surface area contributed by atoms with Crippen LogP contribution in [0.1, 0.15) is 49.3 Å². The van der Waals surface area contributed by atoms with E-state index in [-0.39, 0.29) is 0 Å². The van der Waals surface area contributed by atoms with Crippen LogP contribution in [-0.4, -0.2) is 13.1 Å². The summed E-state index contributed by atoms with van der Waals surface area (Å²) in [5.41, 5.74) is 4.39. The van der Waals surface area contributed by atoms with Crippen molar-refractivity contribution in [2.24, 2.45) is 11.8 Å². The second-order valence-corrected chi connectivity index (χ2v) is 6.24. The summed E-state index contributed by atoms with van der Waals surface area (Å²) in [6.45, 7) is 8.96. The molecule has 0 aromatic heterocycles. The van der Waals surface area contributed by atoms with Gasteiger partial charge in [0, 0.05) is 0 Å². The molecule has 2 unspecified atom stereocenters. The standard InChI is InChI=1S/C18H29N/c1-4-19-13-18-8-6-5-7-17(18)12-16-10-9-14(2)15(3)11-16/h9-11,17-19H,4-8,12-13H2,1-3H3. The Morgan fingerprint density at radius 2 is 1.79 bits per heavy atom. The van der Waals surface area contributed by atoms with Gasteiger partial charge in [-0.15, -0.1) is 0 Å². The summed E-state index contributed by atoms with van der Waals surface area (Å²) in [5.74, 6) is 1.77. The molecule has 0 radical (unpaired) electrons. The second-order valence-electron chi connectivity index (χ2n) is 6.24. The van der Waals surface area contributed by atoms with E-state index in [1.807, 2.05) is 0 Å². The maximum Gasteiger partial charge on any atom is -0.00179 e. The molecule has 1 aromatic rings. The summed E-state index contributed by atoms with van der Waals surface area (Å²) in [7, 11) is 0. The van der Waals surface area contributed by atoms with Gasteiger partial charge in [0.25, 0.3) is 0 Å². The third-order valence-electron chi connectivity index (χ3n) is 4.79. The molecule has 1 heteroatoms. The van der Waals surface area contributed by atoms with Gasteiger partial charge < -0.3 is 5.32 Å². The van der Waals surface area contributed by atoms with Crippen LogP contribution in [0.2, 0.25) is 0 Å². The van der Waals surface area contributed by atoms with Crippen molar-refractivity contribution in [1.29, 1.82) is 0 Å².